The smallest absolute Gasteiger partial charge is 0.255 e. The molecule has 0 saturated heterocycles. The minimum atomic E-state index is -0.491. The SMILES string of the molecule is CCOc1ccc([C@H]2C(C(=O)Nc3ccccc3OC)=C(C)Nc3nc(SCc4ccccc4)nn32)cc1. The van der Waals surface area contributed by atoms with Gasteiger partial charge in [-0.2, -0.15) is 4.98 Å². The van der Waals surface area contributed by atoms with Gasteiger partial charge in [0.05, 0.1) is 25.0 Å². The number of ether oxygens (including phenoxy) is 2. The van der Waals surface area contributed by atoms with Crippen molar-refractivity contribution in [2.75, 3.05) is 24.4 Å². The number of carbonyl (C=O) groups is 1. The minimum Gasteiger partial charge on any atom is -0.495 e. The number of aromatic nitrogens is 3. The van der Waals surface area contributed by atoms with Crippen LogP contribution in [0.2, 0.25) is 0 Å². The molecule has 38 heavy (non-hydrogen) atoms. The lowest BCUT2D eigenvalue weighted by atomic mass is 9.95. The van der Waals surface area contributed by atoms with E-state index in [9.17, 15) is 4.79 Å². The fraction of sp³-hybridized carbons (Fsp3) is 0.207. The van der Waals surface area contributed by atoms with Gasteiger partial charge < -0.3 is 20.1 Å². The molecule has 0 fully saturated rings. The first-order chi connectivity index (χ1) is 18.6. The van der Waals surface area contributed by atoms with Crippen LogP contribution in [0.5, 0.6) is 11.5 Å². The molecule has 1 atom stereocenters. The van der Waals surface area contributed by atoms with E-state index >= 15 is 0 Å². The summed E-state index contributed by atoms with van der Waals surface area (Å²) >= 11 is 1.55. The Labute approximate surface area is 226 Å². The monoisotopic (exact) mass is 527 g/mol. The van der Waals surface area contributed by atoms with Crippen molar-refractivity contribution < 1.29 is 14.3 Å². The summed E-state index contributed by atoms with van der Waals surface area (Å²) in [5.41, 5.74) is 3.92. The van der Waals surface area contributed by atoms with Gasteiger partial charge in [-0.05, 0) is 49.2 Å². The maximum Gasteiger partial charge on any atom is 0.255 e. The van der Waals surface area contributed by atoms with Gasteiger partial charge in [-0.25, -0.2) is 4.68 Å². The zero-order valence-electron chi connectivity index (χ0n) is 21.5. The first-order valence-electron chi connectivity index (χ1n) is 12.4. The molecule has 1 aliphatic heterocycles. The van der Waals surface area contributed by atoms with Gasteiger partial charge in [0, 0.05) is 11.4 Å². The standard InChI is InChI=1S/C29H29N5O3S/c1-4-37-22-16-14-21(15-17-22)26-25(27(35)31-23-12-8-9-13-24(23)36-3)19(2)30-28-32-29(33-34(26)28)38-18-20-10-6-5-7-11-20/h5-17,26H,4,18H2,1-3H3,(H,31,35)(H,30,32,33)/t26-/m0/s1. The first kappa shape index (κ1) is 25.4. The van der Waals surface area contributed by atoms with E-state index in [0.29, 0.717) is 40.4 Å². The van der Waals surface area contributed by atoms with Crippen LogP contribution in [0.15, 0.2) is 95.3 Å². The number of anilines is 2. The Bertz CT molecular complexity index is 1450. The highest BCUT2D eigenvalue weighted by Gasteiger charge is 2.34. The van der Waals surface area contributed by atoms with E-state index in [4.69, 9.17) is 19.6 Å². The average molecular weight is 528 g/mol. The number of methoxy groups -OCH3 is 1. The molecule has 5 rings (SSSR count). The predicted molar refractivity (Wildman–Crippen MR) is 150 cm³/mol. The molecule has 9 heteroatoms. The van der Waals surface area contributed by atoms with Crippen LogP contribution in [-0.2, 0) is 10.5 Å². The third-order valence-electron chi connectivity index (χ3n) is 6.15. The largest absolute Gasteiger partial charge is 0.495 e. The van der Waals surface area contributed by atoms with E-state index in [-0.39, 0.29) is 5.91 Å². The zero-order valence-corrected chi connectivity index (χ0v) is 22.3. The summed E-state index contributed by atoms with van der Waals surface area (Å²) in [4.78, 5) is 18.5. The number of amides is 1. The summed E-state index contributed by atoms with van der Waals surface area (Å²) < 4.78 is 12.9. The number of fused-ring (bicyclic) bond motifs is 1. The van der Waals surface area contributed by atoms with Crippen molar-refractivity contribution in [2.24, 2.45) is 0 Å². The van der Waals surface area contributed by atoms with Gasteiger partial charge in [0.25, 0.3) is 5.91 Å². The fourth-order valence-electron chi connectivity index (χ4n) is 4.37. The van der Waals surface area contributed by atoms with E-state index in [1.807, 2.05) is 80.6 Å². The van der Waals surface area contributed by atoms with Gasteiger partial charge in [-0.1, -0.05) is 66.4 Å². The molecule has 1 aliphatic rings. The molecule has 0 bridgehead atoms. The number of allylic oxidation sites excluding steroid dienone is 1. The van der Waals surface area contributed by atoms with Gasteiger partial charge in [-0.3, -0.25) is 4.79 Å². The molecule has 194 valence electrons. The van der Waals surface area contributed by atoms with Crippen LogP contribution in [0.4, 0.5) is 11.6 Å². The summed E-state index contributed by atoms with van der Waals surface area (Å²) in [7, 11) is 1.58. The highest BCUT2D eigenvalue weighted by Crippen LogP contribution is 2.38. The summed E-state index contributed by atoms with van der Waals surface area (Å²) in [6.45, 7) is 4.41. The van der Waals surface area contributed by atoms with Crippen molar-refractivity contribution in [3.63, 3.8) is 0 Å². The van der Waals surface area contributed by atoms with E-state index in [1.165, 1.54) is 5.56 Å². The third kappa shape index (κ3) is 5.38. The zero-order chi connectivity index (χ0) is 26.5. The predicted octanol–water partition coefficient (Wildman–Crippen LogP) is 5.91. The molecule has 4 aromatic rings. The van der Waals surface area contributed by atoms with Crippen molar-refractivity contribution in [1.29, 1.82) is 0 Å². The quantitative estimate of drug-likeness (QED) is 0.262. The third-order valence-corrected chi connectivity index (χ3v) is 7.06. The van der Waals surface area contributed by atoms with Crippen molar-refractivity contribution in [2.45, 2.75) is 30.8 Å². The topological polar surface area (TPSA) is 90.3 Å². The Morgan fingerprint density at radius 1 is 1.05 bits per heavy atom. The molecular weight excluding hydrogens is 498 g/mol. The Hall–Kier alpha value is -4.24. The van der Waals surface area contributed by atoms with Crippen LogP contribution in [0.1, 0.15) is 31.0 Å². The van der Waals surface area contributed by atoms with E-state index in [2.05, 4.69) is 22.8 Å². The normalized spacial score (nSPS) is 14.4. The molecule has 1 aromatic heterocycles. The van der Waals surface area contributed by atoms with Gasteiger partial charge >= 0.3 is 0 Å². The molecule has 0 aliphatic carbocycles. The maximum absolute atomic E-state index is 13.8. The Kier molecular flexibility index (Phi) is 7.65. The summed E-state index contributed by atoms with van der Waals surface area (Å²) in [6, 6.07) is 24.8. The summed E-state index contributed by atoms with van der Waals surface area (Å²) in [5, 5.41) is 11.8. The van der Waals surface area contributed by atoms with Crippen molar-refractivity contribution in [3.8, 4) is 11.5 Å². The van der Waals surface area contributed by atoms with E-state index < -0.39 is 6.04 Å². The number of hydrogen-bond donors (Lipinski definition) is 2. The second-order valence-corrected chi connectivity index (χ2v) is 9.60. The first-order valence-corrected chi connectivity index (χ1v) is 13.3. The number of nitrogens with one attached hydrogen (secondary N) is 2. The van der Waals surface area contributed by atoms with E-state index in [1.54, 1.807) is 23.6 Å². The second kappa shape index (κ2) is 11.4. The van der Waals surface area contributed by atoms with E-state index in [0.717, 1.165) is 17.1 Å². The van der Waals surface area contributed by atoms with Crippen LogP contribution >= 0.6 is 11.8 Å². The molecule has 0 spiro atoms. The minimum absolute atomic E-state index is 0.252. The lowest BCUT2D eigenvalue weighted by molar-refractivity contribution is -0.113. The van der Waals surface area contributed by atoms with Crippen LogP contribution in [0, 0.1) is 0 Å². The number of benzene rings is 3. The number of rotatable bonds is 9. The highest BCUT2D eigenvalue weighted by atomic mass is 32.2. The highest BCUT2D eigenvalue weighted by molar-refractivity contribution is 7.98. The molecule has 8 nitrogen and oxygen atoms in total. The van der Waals surface area contributed by atoms with Crippen molar-refractivity contribution in [3.05, 3.63) is 101 Å². The molecule has 2 N–H and O–H groups in total. The fourth-order valence-corrected chi connectivity index (χ4v) is 5.15. The lowest BCUT2D eigenvalue weighted by Crippen LogP contribution is -2.31. The number of thioether (sulfide) groups is 1. The molecule has 0 saturated carbocycles. The van der Waals surface area contributed by atoms with Gasteiger partial charge in [-0.15, -0.1) is 5.10 Å². The molecule has 1 amide bonds. The lowest BCUT2D eigenvalue weighted by Gasteiger charge is -2.29. The summed E-state index contributed by atoms with van der Waals surface area (Å²) in [6.07, 6.45) is 0. The molecular formula is C29H29N5O3S. The molecule has 3 aromatic carbocycles. The van der Waals surface area contributed by atoms with Crippen molar-refractivity contribution in [1.82, 2.24) is 14.8 Å². The summed E-state index contributed by atoms with van der Waals surface area (Å²) in [5.74, 6) is 2.43. The van der Waals surface area contributed by atoms with Crippen LogP contribution < -0.4 is 20.1 Å². The molecule has 0 radical (unpaired) electrons. The Morgan fingerprint density at radius 3 is 2.53 bits per heavy atom. The Balaban J connectivity index is 1.50. The van der Waals surface area contributed by atoms with Crippen LogP contribution in [0.3, 0.4) is 0 Å². The number of hydrogen-bond acceptors (Lipinski definition) is 7. The maximum atomic E-state index is 13.8. The Morgan fingerprint density at radius 2 is 1.79 bits per heavy atom. The van der Waals surface area contributed by atoms with Crippen LogP contribution in [0.25, 0.3) is 0 Å². The molecule has 0 unspecified atom stereocenters. The molecule has 2 heterocycles. The number of carbonyl (C=O) groups excluding carboxylic acids is 1. The van der Waals surface area contributed by atoms with Gasteiger partial charge in [0.1, 0.15) is 17.5 Å². The van der Waals surface area contributed by atoms with Gasteiger partial charge in [0.2, 0.25) is 11.1 Å². The average Bonchev–Trinajstić information content (AvgIpc) is 3.35. The number of nitrogens with zero attached hydrogens (tertiary/aromatic N) is 3. The second-order valence-electron chi connectivity index (χ2n) is 8.66. The van der Waals surface area contributed by atoms with Crippen LogP contribution in [-0.4, -0.2) is 34.4 Å². The van der Waals surface area contributed by atoms with Crippen molar-refractivity contribution >= 4 is 29.3 Å². The van der Waals surface area contributed by atoms with Gasteiger partial charge in [0.15, 0.2) is 0 Å². The number of para-hydroxylation sites is 2.